The van der Waals surface area contributed by atoms with Crippen molar-refractivity contribution in [2.75, 3.05) is 6.54 Å². The molecule has 0 aromatic carbocycles. The van der Waals surface area contributed by atoms with E-state index in [2.05, 4.69) is 29.1 Å². The lowest BCUT2D eigenvalue weighted by Crippen LogP contribution is -2.32. The summed E-state index contributed by atoms with van der Waals surface area (Å²) in [6, 6.07) is 3.89. The lowest BCUT2D eigenvalue weighted by Gasteiger charge is -2.25. The third-order valence-electron chi connectivity index (χ3n) is 3.60. The Morgan fingerprint density at radius 2 is 2.33 bits per heavy atom. The number of hydrogen-bond donors (Lipinski definition) is 2. The van der Waals surface area contributed by atoms with Crippen LogP contribution in [0.25, 0.3) is 0 Å². The molecule has 1 aliphatic rings. The highest BCUT2D eigenvalue weighted by Crippen LogP contribution is 2.24. The van der Waals surface area contributed by atoms with E-state index in [4.69, 9.17) is 10.5 Å². The van der Waals surface area contributed by atoms with Gasteiger partial charge in [0.15, 0.2) is 5.96 Å². The number of aliphatic imine (C=N–C) groups is 1. The van der Waals surface area contributed by atoms with E-state index in [-0.39, 0.29) is 0 Å². The Kier molecular flexibility index (Phi) is 5.84. The average molecular weight is 290 g/mol. The molecule has 0 aliphatic heterocycles. The first-order valence-electron chi connectivity index (χ1n) is 7.79. The van der Waals surface area contributed by atoms with E-state index in [0.717, 1.165) is 31.4 Å². The van der Waals surface area contributed by atoms with Crippen molar-refractivity contribution in [3.8, 4) is 5.88 Å². The molecule has 1 aromatic rings. The van der Waals surface area contributed by atoms with Crippen molar-refractivity contribution in [3.05, 3.63) is 23.9 Å². The van der Waals surface area contributed by atoms with E-state index in [1.807, 2.05) is 12.1 Å². The van der Waals surface area contributed by atoms with Crippen LogP contribution in [-0.4, -0.2) is 23.6 Å². The maximum atomic E-state index is 5.85. The minimum atomic E-state index is 0.346. The van der Waals surface area contributed by atoms with Crippen LogP contribution in [0.5, 0.6) is 5.88 Å². The maximum absolute atomic E-state index is 5.85. The van der Waals surface area contributed by atoms with E-state index < -0.39 is 0 Å². The number of ether oxygens (including phenoxy) is 1. The number of nitrogens with zero attached hydrogens (tertiary/aromatic N) is 2. The molecule has 0 radical (unpaired) electrons. The van der Waals surface area contributed by atoms with Gasteiger partial charge in [0.05, 0.1) is 6.54 Å². The molecule has 5 nitrogen and oxygen atoms in total. The zero-order chi connectivity index (χ0) is 15.1. The van der Waals surface area contributed by atoms with Crippen LogP contribution in [0.1, 0.15) is 45.1 Å². The Hall–Kier alpha value is -1.78. The number of rotatable bonds is 7. The molecule has 21 heavy (non-hydrogen) atoms. The predicted octanol–water partition coefficient (Wildman–Crippen LogP) is 2.46. The largest absolute Gasteiger partial charge is 0.474 e. The number of nitrogens with two attached hydrogens (primary N) is 1. The number of pyridine rings is 1. The van der Waals surface area contributed by atoms with Crippen molar-refractivity contribution in [2.45, 2.75) is 52.2 Å². The molecule has 0 unspecified atom stereocenters. The molecule has 2 rings (SSSR count). The summed E-state index contributed by atoms with van der Waals surface area (Å²) < 4.78 is 5.78. The maximum Gasteiger partial charge on any atom is 0.213 e. The molecule has 3 N–H and O–H groups in total. The van der Waals surface area contributed by atoms with Gasteiger partial charge in [0.25, 0.3) is 0 Å². The average Bonchev–Trinajstić information content (AvgIpc) is 2.41. The van der Waals surface area contributed by atoms with Gasteiger partial charge < -0.3 is 15.8 Å². The van der Waals surface area contributed by atoms with Gasteiger partial charge in [-0.05, 0) is 43.2 Å². The van der Waals surface area contributed by atoms with Crippen LogP contribution >= 0.6 is 0 Å². The highest BCUT2D eigenvalue weighted by Gasteiger charge is 2.19. The molecule has 1 heterocycles. The Bertz CT molecular complexity index is 469. The van der Waals surface area contributed by atoms with Gasteiger partial charge in [0, 0.05) is 18.8 Å². The first kappa shape index (κ1) is 15.6. The molecule has 116 valence electrons. The van der Waals surface area contributed by atoms with Gasteiger partial charge in [-0.3, -0.25) is 0 Å². The van der Waals surface area contributed by atoms with E-state index >= 15 is 0 Å². The summed E-state index contributed by atoms with van der Waals surface area (Å²) in [5.74, 6) is 1.85. The summed E-state index contributed by atoms with van der Waals surface area (Å²) in [4.78, 5) is 8.59. The smallest absolute Gasteiger partial charge is 0.213 e. The van der Waals surface area contributed by atoms with Crippen LogP contribution in [0.3, 0.4) is 0 Å². The summed E-state index contributed by atoms with van der Waals surface area (Å²) >= 11 is 0. The zero-order valence-electron chi connectivity index (χ0n) is 13.0. The fourth-order valence-electron chi connectivity index (χ4n) is 1.99. The monoisotopic (exact) mass is 290 g/mol. The van der Waals surface area contributed by atoms with Crippen LogP contribution in [0, 0.1) is 5.92 Å². The molecule has 1 fully saturated rings. The highest BCUT2D eigenvalue weighted by atomic mass is 16.5. The zero-order valence-corrected chi connectivity index (χ0v) is 13.0. The van der Waals surface area contributed by atoms with Crippen LogP contribution in [0.15, 0.2) is 23.3 Å². The molecule has 0 atom stereocenters. The summed E-state index contributed by atoms with van der Waals surface area (Å²) in [5, 5.41) is 3.13. The Balaban J connectivity index is 1.79. The quantitative estimate of drug-likeness (QED) is 0.597. The van der Waals surface area contributed by atoms with Gasteiger partial charge in [-0.2, -0.15) is 0 Å². The van der Waals surface area contributed by atoms with Crippen molar-refractivity contribution in [1.82, 2.24) is 10.3 Å². The second-order valence-corrected chi connectivity index (χ2v) is 5.98. The van der Waals surface area contributed by atoms with Crippen molar-refractivity contribution in [1.29, 1.82) is 0 Å². The molecule has 0 spiro atoms. The first-order chi connectivity index (χ1) is 10.1. The SMILES string of the molecule is CC(C)CCNC(N)=NCc1ccnc(OC2CCC2)c1. The molecule has 1 aliphatic carbocycles. The van der Waals surface area contributed by atoms with Gasteiger partial charge in [0.2, 0.25) is 5.88 Å². The Morgan fingerprint density at radius 1 is 1.52 bits per heavy atom. The highest BCUT2D eigenvalue weighted by molar-refractivity contribution is 5.77. The van der Waals surface area contributed by atoms with E-state index in [0.29, 0.717) is 30.4 Å². The summed E-state index contributed by atoms with van der Waals surface area (Å²) in [6.45, 7) is 5.79. The number of guanidine groups is 1. The lowest BCUT2D eigenvalue weighted by atomic mass is 9.96. The summed E-state index contributed by atoms with van der Waals surface area (Å²) in [5.41, 5.74) is 6.91. The van der Waals surface area contributed by atoms with Crippen LogP contribution in [-0.2, 0) is 6.54 Å². The van der Waals surface area contributed by atoms with Crippen molar-refractivity contribution in [2.24, 2.45) is 16.6 Å². The van der Waals surface area contributed by atoms with Gasteiger partial charge in [-0.15, -0.1) is 0 Å². The minimum absolute atomic E-state index is 0.346. The molecule has 1 aromatic heterocycles. The van der Waals surface area contributed by atoms with E-state index in [1.165, 1.54) is 6.42 Å². The topological polar surface area (TPSA) is 72.5 Å². The molecule has 0 saturated heterocycles. The molecule has 1 saturated carbocycles. The van der Waals surface area contributed by atoms with Crippen LogP contribution in [0.2, 0.25) is 0 Å². The standard InChI is InChI=1S/C16H26N4O/c1-12(2)6-8-19-16(17)20-11-13-7-9-18-15(10-13)21-14-4-3-5-14/h7,9-10,12,14H,3-6,8,11H2,1-2H3,(H3,17,19,20). The second kappa shape index (κ2) is 7.86. The molecule has 5 heteroatoms. The Morgan fingerprint density at radius 3 is 3.00 bits per heavy atom. The minimum Gasteiger partial charge on any atom is -0.474 e. The lowest BCUT2D eigenvalue weighted by molar-refractivity contribution is 0.114. The van der Waals surface area contributed by atoms with Crippen molar-refractivity contribution >= 4 is 5.96 Å². The molecular weight excluding hydrogens is 264 g/mol. The van der Waals surface area contributed by atoms with Gasteiger partial charge in [-0.1, -0.05) is 13.8 Å². The van der Waals surface area contributed by atoms with Gasteiger partial charge >= 0.3 is 0 Å². The van der Waals surface area contributed by atoms with Crippen LogP contribution in [0.4, 0.5) is 0 Å². The summed E-state index contributed by atoms with van der Waals surface area (Å²) in [6.07, 6.45) is 6.73. The van der Waals surface area contributed by atoms with Crippen molar-refractivity contribution < 1.29 is 4.74 Å². The fourth-order valence-corrected chi connectivity index (χ4v) is 1.99. The number of aromatic nitrogens is 1. The molecule has 0 amide bonds. The fraction of sp³-hybridized carbons (Fsp3) is 0.625. The number of hydrogen-bond acceptors (Lipinski definition) is 3. The second-order valence-electron chi connectivity index (χ2n) is 5.98. The van der Waals surface area contributed by atoms with Crippen LogP contribution < -0.4 is 15.8 Å². The van der Waals surface area contributed by atoms with Gasteiger partial charge in [-0.25, -0.2) is 9.98 Å². The van der Waals surface area contributed by atoms with Gasteiger partial charge in [0.1, 0.15) is 6.10 Å². The summed E-state index contributed by atoms with van der Waals surface area (Å²) in [7, 11) is 0. The Labute approximate surface area is 127 Å². The van der Waals surface area contributed by atoms with Crippen molar-refractivity contribution in [3.63, 3.8) is 0 Å². The molecule has 0 bridgehead atoms. The van der Waals surface area contributed by atoms with E-state index in [1.54, 1.807) is 6.20 Å². The number of nitrogens with one attached hydrogen (secondary N) is 1. The first-order valence-corrected chi connectivity index (χ1v) is 7.79. The predicted molar refractivity (Wildman–Crippen MR) is 85.3 cm³/mol. The third-order valence-corrected chi connectivity index (χ3v) is 3.60. The third kappa shape index (κ3) is 5.61. The van der Waals surface area contributed by atoms with E-state index in [9.17, 15) is 0 Å². The normalized spacial score (nSPS) is 15.9. The molecular formula is C16H26N4O.